The Kier molecular flexibility index (Phi) is 3.29. The molecule has 0 unspecified atom stereocenters. The summed E-state index contributed by atoms with van der Waals surface area (Å²) in [7, 11) is 0. The van der Waals surface area contributed by atoms with Crippen LogP contribution in [0.4, 0.5) is 5.69 Å². The summed E-state index contributed by atoms with van der Waals surface area (Å²) in [6, 6.07) is 4.48. The van der Waals surface area contributed by atoms with Gasteiger partial charge in [-0.1, -0.05) is 6.07 Å². The lowest BCUT2D eigenvalue weighted by molar-refractivity contribution is -0.385. The molecule has 1 aliphatic heterocycles. The molecule has 1 aliphatic rings. The van der Waals surface area contributed by atoms with E-state index in [1.54, 1.807) is 24.0 Å². The van der Waals surface area contributed by atoms with Crippen molar-refractivity contribution in [1.82, 2.24) is 4.90 Å². The van der Waals surface area contributed by atoms with Gasteiger partial charge in [-0.15, -0.1) is 0 Å². The summed E-state index contributed by atoms with van der Waals surface area (Å²) in [6.45, 7) is 2.73. The largest absolute Gasteiger partial charge is 0.396 e. The van der Waals surface area contributed by atoms with E-state index in [-0.39, 0.29) is 24.1 Å². The lowest BCUT2D eigenvalue weighted by Gasteiger charge is -2.38. The van der Waals surface area contributed by atoms with Crippen LogP contribution in [0.2, 0.25) is 0 Å². The Morgan fingerprint density at radius 1 is 1.56 bits per heavy atom. The second-order valence-electron chi connectivity index (χ2n) is 4.52. The van der Waals surface area contributed by atoms with Crippen LogP contribution in [0.25, 0.3) is 0 Å². The third kappa shape index (κ3) is 2.19. The Bertz CT molecular complexity index is 495. The lowest BCUT2D eigenvalue weighted by atomic mass is 9.99. The van der Waals surface area contributed by atoms with Gasteiger partial charge in [0.2, 0.25) is 0 Å². The van der Waals surface area contributed by atoms with Crippen molar-refractivity contribution in [2.75, 3.05) is 19.7 Å². The van der Waals surface area contributed by atoms with Gasteiger partial charge in [0.1, 0.15) is 0 Å². The van der Waals surface area contributed by atoms with E-state index in [1.165, 1.54) is 6.07 Å². The van der Waals surface area contributed by atoms with Gasteiger partial charge in [0.25, 0.3) is 11.6 Å². The number of likely N-dealkylation sites (tertiary alicyclic amines) is 1. The number of aliphatic hydroxyl groups is 1. The van der Waals surface area contributed by atoms with Gasteiger partial charge in [0.05, 0.1) is 4.92 Å². The highest BCUT2D eigenvalue weighted by atomic mass is 16.6. The maximum Gasteiger partial charge on any atom is 0.273 e. The number of carbonyl (C=O) groups is 1. The zero-order chi connectivity index (χ0) is 13.3. The number of carbonyl (C=O) groups excluding carboxylic acids is 1. The number of aliphatic hydroxyl groups excluding tert-OH is 1. The SMILES string of the molecule is Cc1ccc(C(=O)N2CC(CO)C2)cc1[N+](=O)[O-]. The summed E-state index contributed by atoms with van der Waals surface area (Å²) in [5.74, 6) is -0.0859. The smallest absolute Gasteiger partial charge is 0.273 e. The van der Waals surface area contributed by atoms with E-state index in [0.717, 1.165) is 0 Å². The number of nitro groups is 1. The fraction of sp³-hybridized carbons (Fsp3) is 0.417. The fourth-order valence-corrected chi connectivity index (χ4v) is 1.97. The third-order valence-electron chi connectivity index (χ3n) is 3.16. The molecule has 1 aromatic carbocycles. The van der Waals surface area contributed by atoms with Gasteiger partial charge in [-0.3, -0.25) is 14.9 Å². The summed E-state index contributed by atoms with van der Waals surface area (Å²) in [6.07, 6.45) is 0. The number of nitrogens with zero attached hydrogens (tertiary/aromatic N) is 2. The Morgan fingerprint density at radius 2 is 2.22 bits per heavy atom. The molecule has 0 saturated carbocycles. The topological polar surface area (TPSA) is 83.7 Å². The van der Waals surface area contributed by atoms with Crippen LogP contribution in [0.5, 0.6) is 0 Å². The van der Waals surface area contributed by atoms with Gasteiger partial charge in [-0.25, -0.2) is 0 Å². The minimum Gasteiger partial charge on any atom is -0.396 e. The Balaban J connectivity index is 2.17. The minimum atomic E-state index is -0.487. The molecular weight excluding hydrogens is 236 g/mol. The van der Waals surface area contributed by atoms with Crippen LogP contribution in [0.1, 0.15) is 15.9 Å². The van der Waals surface area contributed by atoms with Gasteiger partial charge in [-0.2, -0.15) is 0 Å². The normalized spacial score (nSPS) is 15.3. The number of nitro benzene ring substituents is 1. The van der Waals surface area contributed by atoms with Crippen molar-refractivity contribution in [2.45, 2.75) is 6.92 Å². The molecule has 1 fully saturated rings. The van der Waals surface area contributed by atoms with Gasteiger partial charge in [0, 0.05) is 42.8 Å². The van der Waals surface area contributed by atoms with E-state index in [4.69, 9.17) is 5.11 Å². The van der Waals surface area contributed by atoms with Crippen molar-refractivity contribution in [1.29, 1.82) is 0 Å². The Hall–Kier alpha value is -1.95. The summed E-state index contributed by atoms with van der Waals surface area (Å²) in [4.78, 5) is 23.9. The predicted molar refractivity (Wildman–Crippen MR) is 64.3 cm³/mol. The molecule has 1 saturated heterocycles. The highest BCUT2D eigenvalue weighted by Gasteiger charge is 2.31. The molecule has 2 rings (SSSR count). The first-order valence-corrected chi connectivity index (χ1v) is 5.68. The highest BCUT2D eigenvalue weighted by molar-refractivity contribution is 5.95. The van der Waals surface area contributed by atoms with Crippen molar-refractivity contribution in [3.8, 4) is 0 Å². The number of aryl methyl sites for hydroxylation is 1. The van der Waals surface area contributed by atoms with E-state index in [9.17, 15) is 14.9 Å². The second-order valence-corrected chi connectivity index (χ2v) is 4.52. The van der Waals surface area contributed by atoms with Crippen LogP contribution >= 0.6 is 0 Å². The molecule has 18 heavy (non-hydrogen) atoms. The van der Waals surface area contributed by atoms with Crippen molar-refractivity contribution >= 4 is 11.6 Å². The minimum absolute atomic E-state index is 0.0416. The number of rotatable bonds is 3. The van der Waals surface area contributed by atoms with Gasteiger partial charge in [0.15, 0.2) is 0 Å². The van der Waals surface area contributed by atoms with E-state index < -0.39 is 4.92 Å². The van der Waals surface area contributed by atoms with Crippen molar-refractivity contribution in [3.05, 3.63) is 39.4 Å². The first-order valence-electron chi connectivity index (χ1n) is 5.68. The summed E-state index contributed by atoms with van der Waals surface area (Å²) >= 11 is 0. The molecule has 6 heteroatoms. The summed E-state index contributed by atoms with van der Waals surface area (Å²) in [5, 5.41) is 19.7. The van der Waals surface area contributed by atoms with E-state index in [0.29, 0.717) is 24.2 Å². The quantitative estimate of drug-likeness (QED) is 0.640. The third-order valence-corrected chi connectivity index (χ3v) is 3.16. The molecule has 0 bridgehead atoms. The van der Waals surface area contributed by atoms with E-state index >= 15 is 0 Å². The molecule has 0 aromatic heterocycles. The van der Waals surface area contributed by atoms with Gasteiger partial charge < -0.3 is 10.0 Å². The van der Waals surface area contributed by atoms with Crippen LogP contribution in [0, 0.1) is 23.0 Å². The Labute approximate surface area is 104 Å². The molecule has 0 atom stereocenters. The standard InChI is InChI=1S/C12H14N2O4/c1-8-2-3-10(4-11(8)14(17)18)12(16)13-5-9(6-13)7-15/h2-4,9,15H,5-7H2,1H3. The summed E-state index contributed by atoms with van der Waals surface area (Å²) in [5.41, 5.74) is 0.817. The average molecular weight is 250 g/mol. The van der Waals surface area contributed by atoms with Crippen molar-refractivity contribution in [3.63, 3.8) is 0 Å². The Morgan fingerprint density at radius 3 is 2.78 bits per heavy atom. The molecular formula is C12H14N2O4. The van der Waals surface area contributed by atoms with Crippen LogP contribution in [0.15, 0.2) is 18.2 Å². The number of hydrogen-bond acceptors (Lipinski definition) is 4. The van der Waals surface area contributed by atoms with Crippen LogP contribution in [0.3, 0.4) is 0 Å². The molecule has 1 amide bonds. The fourth-order valence-electron chi connectivity index (χ4n) is 1.97. The molecule has 96 valence electrons. The van der Waals surface area contributed by atoms with Gasteiger partial charge in [-0.05, 0) is 13.0 Å². The summed E-state index contributed by atoms with van der Waals surface area (Å²) < 4.78 is 0. The molecule has 1 heterocycles. The lowest BCUT2D eigenvalue weighted by Crippen LogP contribution is -2.51. The predicted octanol–water partition coefficient (Wildman–Crippen LogP) is 0.968. The van der Waals surface area contributed by atoms with Crippen LogP contribution in [-0.2, 0) is 0 Å². The highest BCUT2D eigenvalue weighted by Crippen LogP contribution is 2.23. The zero-order valence-corrected chi connectivity index (χ0v) is 10.00. The zero-order valence-electron chi connectivity index (χ0n) is 10.00. The first kappa shape index (κ1) is 12.5. The van der Waals surface area contributed by atoms with Crippen LogP contribution < -0.4 is 0 Å². The molecule has 0 spiro atoms. The van der Waals surface area contributed by atoms with Crippen molar-refractivity contribution in [2.24, 2.45) is 5.92 Å². The molecule has 0 aliphatic carbocycles. The average Bonchev–Trinajstić information content (AvgIpc) is 2.27. The molecule has 0 radical (unpaired) electrons. The molecule has 1 aromatic rings. The van der Waals surface area contributed by atoms with Gasteiger partial charge >= 0.3 is 0 Å². The number of hydrogen-bond donors (Lipinski definition) is 1. The second kappa shape index (κ2) is 4.73. The number of amides is 1. The molecule has 1 N–H and O–H groups in total. The number of benzene rings is 1. The van der Waals surface area contributed by atoms with Crippen molar-refractivity contribution < 1.29 is 14.8 Å². The monoisotopic (exact) mass is 250 g/mol. The molecule has 6 nitrogen and oxygen atoms in total. The first-order chi connectivity index (χ1) is 8.52. The van der Waals surface area contributed by atoms with E-state index in [2.05, 4.69) is 0 Å². The van der Waals surface area contributed by atoms with E-state index in [1.807, 2.05) is 0 Å². The maximum atomic E-state index is 12.0. The van der Waals surface area contributed by atoms with Crippen LogP contribution in [-0.4, -0.2) is 40.5 Å². The maximum absolute atomic E-state index is 12.0.